The summed E-state index contributed by atoms with van der Waals surface area (Å²) in [6, 6.07) is 11.1. The predicted molar refractivity (Wildman–Crippen MR) is 138 cm³/mol. The van der Waals surface area contributed by atoms with E-state index in [-0.39, 0.29) is 5.82 Å². The van der Waals surface area contributed by atoms with Gasteiger partial charge < -0.3 is 23.6 Å². The predicted octanol–water partition coefficient (Wildman–Crippen LogP) is 5.28. The van der Waals surface area contributed by atoms with Crippen LogP contribution in [0.3, 0.4) is 0 Å². The van der Waals surface area contributed by atoms with Crippen molar-refractivity contribution in [1.29, 1.82) is 0 Å². The van der Waals surface area contributed by atoms with Crippen molar-refractivity contribution in [3.05, 3.63) is 53.9 Å². The number of alkyl halides is 3. The largest absolute Gasteiger partial charge is 0.497 e. The summed E-state index contributed by atoms with van der Waals surface area (Å²) in [6.07, 6.45) is -2.48. The molecule has 0 amide bonds. The molecular formula is C27H29F3N6O2. The van der Waals surface area contributed by atoms with E-state index in [1.54, 1.807) is 32.4 Å². The van der Waals surface area contributed by atoms with Crippen LogP contribution in [0.4, 0.5) is 18.9 Å². The lowest BCUT2D eigenvalue weighted by atomic mass is 10.0. The Morgan fingerprint density at radius 3 is 2.45 bits per heavy atom. The van der Waals surface area contributed by atoms with E-state index in [2.05, 4.69) is 27.0 Å². The van der Waals surface area contributed by atoms with Gasteiger partial charge >= 0.3 is 6.18 Å². The van der Waals surface area contributed by atoms with Gasteiger partial charge in [0.1, 0.15) is 11.6 Å². The second-order valence-electron chi connectivity index (χ2n) is 9.54. The topological polar surface area (TPSA) is 72.4 Å². The van der Waals surface area contributed by atoms with E-state index in [9.17, 15) is 13.2 Å². The summed E-state index contributed by atoms with van der Waals surface area (Å²) in [4.78, 5) is 13.1. The Hall–Kier alpha value is -3.86. The standard InChI is InChI=1S/C27H29F3N6O2/c1-17-14-18(25-31-23(16-35(25)3)27(28,29)30)6-8-20(17)24-32-26(38-33-24)21-9-7-19(37-4)15-22(21)36-11-5-10-34(2)12-13-36/h6-9,14-16H,5,10-13H2,1-4H3. The molecule has 3 heterocycles. The highest BCUT2D eigenvalue weighted by molar-refractivity contribution is 5.76. The van der Waals surface area contributed by atoms with Crippen LogP contribution in [-0.4, -0.2) is 64.9 Å². The Bertz CT molecular complexity index is 1450. The van der Waals surface area contributed by atoms with E-state index in [0.29, 0.717) is 17.3 Å². The zero-order valence-corrected chi connectivity index (χ0v) is 21.7. The lowest BCUT2D eigenvalue weighted by molar-refractivity contribution is -0.140. The Morgan fingerprint density at radius 1 is 0.947 bits per heavy atom. The van der Waals surface area contributed by atoms with Gasteiger partial charge in [-0.3, -0.25) is 0 Å². The van der Waals surface area contributed by atoms with Gasteiger partial charge in [0.15, 0.2) is 5.69 Å². The van der Waals surface area contributed by atoms with Crippen LogP contribution in [0.15, 0.2) is 47.1 Å². The van der Waals surface area contributed by atoms with Crippen molar-refractivity contribution in [2.45, 2.75) is 19.5 Å². The van der Waals surface area contributed by atoms with Gasteiger partial charge in [-0.1, -0.05) is 17.3 Å². The molecule has 0 saturated carbocycles. The number of nitrogens with zero attached hydrogens (tertiary/aromatic N) is 6. The van der Waals surface area contributed by atoms with E-state index in [4.69, 9.17) is 14.2 Å². The SMILES string of the molecule is COc1ccc(-c2nc(-c3ccc(-c4nc(C(F)(F)F)cn4C)cc3C)no2)c(N2CCCN(C)CC2)c1. The molecule has 1 fully saturated rings. The third-order valence-corrected chi connectivity index (χ3v) is 6.81. The van der Waals surface area contributed by atoms with Crippen LogP contribution in [-0.2, 0) is 13.2 Å². The maximum absolute atomic E-state index is 13.1. The summed E-state index contributed by atoms with van der Waals surface area (Å²) in [7, 11) is 5.30. The molecule has 5 rings (SSSR count). The summed E-state index contributed by atoms with van der Waals surface area (Å²) in [5.74, 6) is 1.76. The summed E-state index contributed by atoms with van der Waals surface area (Å²) in [5, 5.41) is 4.23. The fraction of sp³-hybridized carbons (Fsp3) is 0.370. The van der Waals surface area contributed by atoms with Gasteiger partial charge in [0.05, 0.1) is 18.4 Å². The average Bonchev–Trinajstić information content (AvgIpc) is 3.46. The summed E-state index contributed by atoms with van der Waals surface area (Å²) < 4.78 is 51.9. The molecule has 0 atom stereocenters. The van der Waals surface area contributed by atoms with Crippen molar-refractivity contribution in [1.82, 2.24) is 24.6 Å². The number of rotatable bonds is 5. The fourth-order valence-electron chi connectivity index (χ4n) is 4.74. The summed E-state index contributed by atoms with van der Waals surface area (Å²) >= 11 is 0. The maximum Gasteiger partial charge on any atom is 0.434 e. The van der Waals surface area contributed by atoms with Crippen molar-refractivity contribution in [3.8, 4) is 40.0 Å². The second-order valence-corrected chi connectivity index (χ2v) is 9.54. The minimum absolute atomic E-state index is 0.228. The molecule has 1 saturated heterocycles. The number of hydrogen-bond acceptors (Lipinski definition) is 7. The molecule has 2 aromatic carbocycles. The molecular weight excluding hydrogens is 497 g/mol. The van der Waals surface area contributed by atoms with Crippen LogP contribution >= 0.6 is 0 Å². The molecule has 0 N–H and O–H groups in total. The first-order valence-electron chi connectivity index (χ1n) is 12.3. The molecule has 11 heteroatoms. The number of imidazole rings is 1. The second kappa shape index (κ2) is 10.1. The lowest BCUT2D eigenvalue weighted by Gasteiger charge is -2.25. The number of aryl methyl sites for hydroxylation is 2. The molecule has 2 aromatic heterocycles. The fourth-order valence-corrected chi connectivity index (χ4v) is 4.74. The molecule has 1 aliphatic rings. The molecule has 0 aliphatic carbocycles. The number of aromatic nitrogens is 4. The highest BCUT2D eigenvalue weighted by Crippen LogP contribution is 2.36. The monoisotopic (exact) mass is 526 g/mol. The zero-order chi connectivity index (χ0) is 27.0. The lowest BCUT2D eigenvalue weighted by Crippen LogP contribution is -2.29. The minimum Gasteiger partial charge on any atom is -0.497 e. The number of halogens is 3. The van der Waals surface area contributed by atoms with E-state index < -0.39 is 11.9 Å². The minimum atomic E-state index is -4.50. The van der Waals surface area contributed by atoms with Crippen molar-refractivity contribution in [3.63, 3.8) is 0 Å². The third kappa shape index (κ3) is 5.10. The van der Waals surface area contributed by atoms with Gasteiger partial charge in [-0.2, -0.15) is 18.2 Å². The molecule has 8 nitrogen and oxygen atoms in total. The number of anilines is 1. The molecule has 1 aliphatic heterocycles. The quantitative estimate of drug-likeness (QED) is 0.350. The summed E-state index contributed by atoms with van der Waals surface area (Å²) in [6.45, 7) is 5.59. The summed E-state index contributed by atoms with van der Waals surface area (Å²) in [5.41, 5.74) is 2.94. The first-order chi connectivity index (χ1) is 18.1. The van der Waals surface area contributed by atoms with Crippen LogP contribution in [0, 0.1) is 6.92 Å². The van der Waals surface area contributed by atoms with Crippen molar-refractivity contribution in [2.75, 3.05) is 45.2 Å². The van der Waals surface area contributed by atoms with Crippen LogP contribution in [0.5, 0.6) is 5.75 Å². The maximum atomic E-state index is 13.1. The normalized spacial score (nSPS) is 15.1. The van der Waals surface area contributed by atoms with Crippen molar-refractivity contribution < 1.29 is 22.4 Å². The van der Waals surface area contributed by atoms with Crippen LogP contribution in [0.25, 0.3) is 34.2 Å². The highest BCUT2D eigenvalue weighted by atomic mass is 19.4. The first kappa shape index (κ1) is 25.8. The van der Waals surface area contributed by atoms with Gasteiger partial charge in [-0.05, 0) is 50.7 Å². The molecule has 0 bridgehead atoms. The molecule has 0 unspecified atom stereocenters. The van der Waals surface area contributed by atoms with E-state index in [1.165, 1.54) is 4.57 Å². The van der Waals surface area contributed by atoms with Gasteiger partial charge in [0.25, 0.3) is 5.89 Å². The van der Waals surface area contributed by atoms with E-state index >= 15 is 0 Å². The molecule has 200 valence electrons. The molecule has 0 radical (unpaired) electrons. The zero-order valence-electron chi connectivity index (χ0n) is 21.7. The van der Waals surface area contributed by atoms with Gasteiger partial charge in [0, 0.05) is 50.1 Å². The first-order valence-corrected chi connectivity index (χ1v) is 12.3. The number of benzene rings is 2. The van der Waals surface area contributed by atoms with Gasteiger partial charge in [-0.15, -0.1) is 0 Å². The highest BCUT2D eigenvalue weighted by Gasteiger charge is 2.34. The van der Waals surface area contributed by atoms with Crippen molar-refractivity contribution >= 4 is 5.69 Å². The van der Waals surface area contributed by atoms with Crippen LogP contribution in [0.1, 0.15) is 17.7 Å². The number of ether oxygens (including phenoxy) is 1. The van der Waals surface area contributed by atoms with E-state index in [0.717, 1.165) is 66.9 Å². The van der Waals surface area contributed by atoms with Crippen molar-refractivity contribution in [2.24, 2.45) is 7.05 Å². The molecule has 0 spiro atoms. The Morgan fingerprint density at radius 2 is 1.74 bits per heavy atom. The third-order valence-electron chi connectivity index (χ3n) is 6.81. The Labute approximate surface area is 218 Å². The number of methoxy groups -OCH3 is 1. The smallest absolute Gasteiger partial charge is 0.434 e. The number of hydrogen-bond donors (Lipinski definition) is 0. The van der Waals surface area contributed by atoms with Crippen LogP contribution < -0.4 is 9.64 Å². The van der Waals surface area contributed by atoms with Crippen LogP contribution in [0.2, 0.25) is 0 Å². The average molecular weight is 527 g/mol. The van der Waals surface area contributed by atoms with Gasteiger partial charge in [0.2, 0.25) is 5.82 Å². The Kier molecular flexibility index (Phi) is 6.87. The van der Waals surface area contributed by atoms with E-state index in [1.807, 2.05) is 25.1 Å². The Balaban J connectivity index is 1.47. The van der Waals surface area contributed by atoms with Gasteiger partial charge in [-0.25, -0.2) is 4.98 Å². The molecule has 38 heavy (non-hydrogen) atoms. The number of likely N-dealkylation sites (N-methyl/N-ethyl adjacent to an activating group) is 1. The molecule has 4 aromatic rings.